The quantitative estimate of drug-likeness (QED) is 0.560. The number of nitrogens with one attached hydrogen (secondary N) is 1. The summed E-state index contributed by atoms with van der Waals surface area (Å²) >= 11 is 0. The molecule has 0 bridgehead atoms. The number of fused-ring (bicyclic) bond motifs is 1. The molecule has 134 valence electrons. The number of hydrogen-bond acceptors (Lipinski definition) is 3. The van der Waals surface area contributed by atoms with Crippen molar-refractivity contribution in [2.45, 2.75) is 13.3 Å². The molecule has 0 saturated heterocycles. The van der Waals surface area contributed by atoms with Crippen molar-refractivity contribution in [2.75, 3.05) is 6.54 Å². The average molecular weight is 356 g/mol. The van der Waals surface area contributed by atoms with Gasteiger partial charge in [0.1, 0.15) is 11.5 Å². The average Bonchev–Trinajstić information content (AvgIpc) is 3.14. The maximum atomic E-state index is 12.9. The van der Waals surface area contributed by atoms with E-state index >= 15 is 0 Å². The normalized spacial score (nSPS) is 10.9. The van der Waals surface area contributed by atoms with Crippen LogP contribution < -0.4 is 5.32 Å². The van der Waals surface area contributed by atoms with E-state index in [2.05, 4.69) is 22.4 Å². The standard InChI is InChI=1S/C23H20N2O2/c1-16-11-12-22(27-16)21-15-19(18-9-5-6-10-20(18)25-21)23(26)24-14-13-17-7-3-2-4-8-17/h2-12,15H,13-14H2,1H3,(H,24,26). The van der Waals surface area contributed by atoms with Crippen molar-refractivity contribution in [3.05, 3.63) is 89.7 Å². The molecule has 27 heavy (non-hydrogen) atoms. The van der Waals surface area contributed by atoms with Crippen LogP contribution in [0.1, 0.15) is 21.7 Å². The zero-order chi connectivity index (χ0) is 18.6. The smallest absolute Gasteiger partial charge is 0.252 e. The van der Waals surface area contributed by atoms with Gasteiger partial charge in [-0.2, -0.15) is 0 Å². The van der Waals surface area contributed by atoms with Crippen LogP contribution in [0.25, 0.3) is 22.4 Å². The van der Waals surface area contributed by atoms with Gasteiger partial charge in [-0.15, -0.1) is 0 Å². The van der Waals surface area contributed by atoms with Crippen LogP contribution in [0.4, 0.5) is 0 Å². The van der Waals surface area contributed by atoms with E-state index in [0.717, 1.165) is 23.1 Å². The molecule has 0 spiro atoms. The SMILES string of the molecule is Cc1ccc(-c2cc(C(=O)NCCc3ccccc3)c3ccccc3n2)o1. The van der Waals surface area contributed by atoms with Gasteiger partial charge >= 0.3 is 0 Å². The number of aryl methyl sites for hydroxylation is 1. The number of pyridine rings is 1. The van der Waals surface area contributed by atoms with Crippen molar-refractivity contribution in [1.82, 2.24) is 10.3 Å². The molecule has 0 aliphatic carbocycles. The number of carbonyl (C=O) groups excluding carboxylic acids is 1. The molecule has 4 nitrogen and oxygen atoms in total. The molecule has 0 atom stereocenters. The number of aromatic nitrogens is 1. The van der Waals surface area contributed by atoms with Crippen LogP contribution >= 0.6 is 0 Å². The maximum Gasteiger partial charge on any atom is 0.252 e. The van der Waals surface area contributed by atoms with E-state index < -0.39 is 0 Å². The fourth-order valence-corrected chi connectivity index (χ4v) is 3.12. The summed E-state index contributed by atoms with van der Waals surface area (Å²) in [6.07, 6.45) is 0.791. The molecule has 0 aliphatic rings. The van der Waals surface area contributed by atoms with Crippen LogP contribution in [-0.2, 0) is 6.42 Å². The Balaban J connectivity index is 1.62. The highest BCUT2D eigenvalue weighted by Gasteiger charge is 2.15. The Hall–Kier alpha value is -3.40. The van der Waals surface area contributed by atoms with Crippen LogP contribution in [0.5, 0.6) is 0 Å². The molecular formula is C23H20N2O2. The van der Waals surface area contributed by atoms with Gasteiger partial charge in [-0.05, 0) is 43.2 Å². The Bertz CT molecular complexity index is 1080. The lowest BCUT2D eigenvalue weighted by Crippen LogP contribution is -2.26. The highest BCUT2D eigenvalue weighted by Crippen LogP contribution is 2.26. The monoisotopic (exact) mass is 356 g/mol. The number of amides is 1. The minimum absolute atomic E-state index is 0.103. The molecule has 4 heteroatoms. The molecule has 0 unspecified atom stereocenters. The molecule has 2 aromatic heterocycles. The van der Waals surface area contributed by atoms with Crippen molar-refractivity contribution in [3.63, 3.8) is 0 Å². The van der Waals surface area contributed by atoms with Gasteiger partial charge in [0.25, 0.3) is 5.91 Å². The van der Waals surface area contributed by atoms with Gasteiger partial charge in [-0.1, -0.05) is 48.5 Å². The highest BCUT2D eigenvalue weighted by atomic mass is 16.3. The topological polar surface area (TPSA) is 55.1 Å². The van der Waals surface area contributed by atoms with Crippen LogP contribution in [0.2, 0.25) is 0 Å². The van der Waals surface area contributed by atoms with Crippen LogP contribution in [0, 0.1) is 6.92 Å². The molecular weight excluding hydrogens is 336 g/mol. The molecule has 1 amide bonds. The summed E-state index contributed by atoms with van der Waals surface area (Å²) in [5.41, 5.74) is 3.24. The van der Waals surface area contributed by atoms with E-state index in [9.17, 15) is 4.79 Å². The first-order valence-corrected chi connectivity index (χ1v) is 8.99. The summed E-state index contributed by atoms with van der Waals surface area (Å²) < 4.78 is 5.70. The number of nitrogens with zero attached hydrogens (tertiary/aromatic N) is 1. The lowest BCUT2D eigenvalue weighted by Gasteiger charge is -2.10. The fourth-order valence-electron chi connectivity index (χ4n) is 3.12. The van der Waals surface area contributed by atoms with E-state index in [1.807, 2.05) is 61.5 Å². The summed E-state index contributed by atoms with van der Waals surface area (Å²) in [5.74, 6) is 1.37. The van der Waals surface area contributed by atoms with Gasteiger partial charge in [0.15, 0.2) is 5.76 Å². The number of rotatable bonds is 5. The summed E-state index contributed by atoms with van der Waals surface area (Å²) in [5, 5.41) is 3.86. The molecule has 2 heterocycles. The van der Waals surface area contributed by atoms with E-state index in [-0.39, 0.29) is 5.91 Å². The molecule has 0 aliphatic heterocycles. The summed E-state index contributed by atoms with van der Waals surface area (Å²) in [6, 6.07) is 23.4. The van der Waals surface area contributed by atoms with Crippen LogP contribution in [0.3, 0.4) is 0 Å². The summed E-state index contributed by atoms with van der Waals surface area (Å²) in [6.45, 7) is 2.47. The zero-order valence-corrected chi connectivity index (χ0v) is 15.1. The third-order valence-electron chi connectivity index (χ3n) is 4.50. The Kier molecular flexibility index (Phi) is 4.71. The summed E-state index contributed by atoms with van der Waals surface area (Å²) in [4.78, 5) is 17.5. The minimum atomic E-state index is -0.103. The van der Waals surface area contributed by atoms with Gasteiger partial charge in [-0.3, -0.25) is 4.79 Å². The number of benzene rings is 2. The predicted octanol–water partition coefficient (Wildman–Crippen LogP) is 4.78. The second-order valence-electron chi connectivity index (χ2n) is 6.47. The van der Waals surface area contributed by atoms with E-state index in [0.29, 0.717) is 23.6 Å². The molecule has 0 radical (unpaired) electrons. The second-order valence-corrected chi connectivity index (χ2v) is 6.47. The number of para-hydroxylation sites is 1. The molecule has 4 rings (SSSR count). The zero-order valence-electron chi connectivity index (χ0n) is 15.1. The Labute approximate surface area is 157 Å². The molecule has 2 aromatic carbocycles. The molecule has 0 fully saturated rings. The molecule has 4 aromatic rings. The van der Waals surface area contributed by atoms with Crippen LogP contribution in [-0.4, -0.2) is 17.4 Å². The summed E-state index contributed by atoms with van der Waals surface area (Å²) in [7, 11) is 0. The van der Waals surface area contributed by atoms with Gasteiger partial charge in [0.05, 0.1) is 11.1 Å². The first-order valence-electron chi connectivity index (χ1n) is 8.99. The molecule has 0 saturated carbocycles. The first-order chi connectivity index (χ1) is 13.2. The fraction of sp³-hybridized carbons (Fsp3) is 0.130. The maximum absolute atomic E-state index is 12.9. The van der Waals surface area contributed by atoms with Crippen molar-refractivity contribution < 1.29 is 9.21 Å². The Morgan fingerprint density at radius 2 is 1.78 bits per heavy atom. The highest BCUT2D eigenvalue weighted by molar-refractivity contribution is 6.07. The number of carbonyl (C=O) groups is 1. The second kappa shape index (κ2) is 7.46. The Morgan fingerprint density at radius 3 is 2.56 bits per heavy atom. The number of hydrogen-bond donors (Lipinski definition) is 1. The van der Waals surface area contributed by atoms with Crippen molar-refractivity contribution >= 4 is 16.8 Å². The van der Waals surface area contributed by atoms with Gasteiger partial charge < -0.3 is 9.73 Å². The van der Waals surface area contributed by atoms with E-state index in [4.69, 9.17) is 4.42 Å². The predicted molar refractivity (Wildman–Crippen MR) is 107 cm³/mol. The van der Waals surface area contributed by atoms with Gasteiger partial charge in [0, 0.05) is 11.9 Å². The van der Waals surface area contributed by atoms with Gasteiger partial charge in [0.2, 0.25) is 0 Å². The Morgan fingerprint density at radius 1 is 1.00 bits per heavy atom. The lowest BCUT2D eigenvalue weighted by atomic mass is 10.1. The first kappa shape index (κ1) is 17.0. The number of furan rings is 1. The van der Waals surface area contributed by atoms with E-state index in [1.54, 1.807) is 6.07 Å². The van der Waals surface area contributed by atoms with Crippen LogP contribution in [0.15, 0.2) is 77.2 Å². The lowest BCUT2D eigenvalue weighted by molar-refractivity contribution is 0.0956. The van der Waals surface area contributed by atoms with E-state index in [1.165, 1.54) is 5.56 Å². The molecule has 1 N–H and O–H groups in total. The van der Waals surface area contributed by atoms with Crippen molar-refractivity contribution in [1.29, 1.82) is 0 Å². The van der Waals surface area contributed by atoms with Gasteiger partial charge in [-0.25, -0.2) is 4.98 Å². The third kappa shape index (κ3) is 3.75. The minimum Gasteiger partial charge on any atom is -0.460 e. The third-order valence-corrected chi connectivity index (χ3v) is 4.50. The van der Waals surface area contributed by atoms with Crippen molar-refractivity contribution in [2.24, 2.45) is 0 Å². The largest absolute Gasteiger partial charge is 0.460 e. The van der Waals surface area contributed by atoms with Crippen molar-refractivity contribution in [3.8, 4) is 11.5 Å².